The maximum atomic E-state index is 12.1. The fraction of sp³-hybridized carbons (Fsp3) is 0.235. The smallest absolute Gasteiger partial charge is 0.319 e. The predicted molar refractivity (Wildman–Crippen MR) is 94.3 cm³/mol. The van der Waals surface area contributed by atoms with Crippen molar-refractivity contribution >= 4 is 27.6 Å². The molecule has 23 heavy (non-hydrogen) atoms. The Morgan fingerprint density at radius 1 is 1.04 bits per heavy atom. The first kappa shape index (κ1) is 17.1. The van der Waals surface area contributed by atoms with E-state index < -0.39 is 0 Å². The minimum atomic E-state index is -0.269. The molecule has 0 saturated heterocycles. The maximum absolute atomic E-state index is 12.1. The number of nitrogens with one attached hydrogen (secondary N) is 2. The van der Waals surface area contributed by atoms with Crippen molar-refractivity contribution in [1.29, 1.82) is 0 Å². The number of amides is 2. The molecule has 0 spiro atoms. The summed E-state index contributed by atoms with van der Waals surface area (Å²) in [7, 11) is 3.17. The number of carbonyl (C=O) groups excluding carboxylic acids is 1. The second-order valence-corrected chi connectivity index (χ2v) is 5.86. The second-order valence-electron chi connectivity index (χ2n) is 4.94. The molecule has 0 heterocycles. The topological polar surface area (TPSA) is 59.6 Å². The molecule has 0 fully saturated rings. The molecule has 0 bridgehead atoms. The molecule has 2 rings (SSSR count). The molecule has 2 aromatic rings. The number of urea groups is 1. The van der Waals surface area contributed by atoms with Crippen LogP contribution in [-0.4, -0.2) is 20.3 Å². The monoisotopic (exact) mass is 378 g/mol. The second kappa shape index (κ2) is 7.87. The van der Waals surface area contributed by atoms with Crippen LogP contribution in [0.5, 0.6) is 11.5 Å². The predicted octanol–water partition coefficient (Wildman–Crippen LogP) is 4.35. The molecule has 2 amide bonds. The molecule has 2 N–H and O–H groups in total. The molecule has 122 valence electrons. The lowest BCUT2D eigenvalue weighted by molar-refractivity contribution is 0.249. The fourth-order valence-electron chi connectivity index (χ4n) is 2.10. The standard InChI is InChI=1S/C17H19BrN2O3/c1-11(12-4-9-15(22-2)16(10-12)23-3)19-17(21)20-14-7-5-13(18)6-8-14/h4-11H,1-3H3,(H2,19,20,21). The first-order chi connectivity index (χ1) is 11.0. The lowest BCUT2D eigenvalue weighted by atomic mass is 10.1. The quantitative estimate of drug-likeness (QED) is 0.812. The molecule has 2 aromatic carbocycles. The summed E-state index contributed by atoms with van der Waals surface area (Å²) in [5.74, 6) is 1.29. The number of carbonyl (C=O) groups is 1. The zero-order chi connectivity index (χ0) is 16.8. The zero-order valence-corrected chi connectivity index (χ0v) is 14.8. The molecule has 0 aromatic heterocycles. The van der Waals surface area contributed by atoms with Gasteiger partial charge in [-0.25, -0.2) is 4.79 Å². The minimum absolute atomic E-state index is 0.176. The lowest BCUT2D eigenvalue weighted by Crippen LogP contribution is -2.31. The zero-order valence-electron chi connectivity index (χ0n) is 13.2. The van der Waals surface area contributed by atoms with Crippen LogP contribution in [0, 0.1) is 0 Å². The van der Waals surface area contributed by atoms with Gasteiger partial charge >= 0.3 is 6.03 Å². The number of methoxy groups -OCH3 is 2. The summed E-state index contributed by atoms with van der Waals surface area (Å²) in [4.78, 5) is 12.1. The molecule has 0 saturated carbocycles. The average Bonchev–Trinajstić information content (AvgIpc) is 2.56. The summed E-state index contributed by atoms with van der Waals surface area (Å²) in [6.45, 7) is 1.91. The molecular formula is C17H19BrN2O3. The molecule has 0 aliphatic rings. The number of ether oxygens (including phenoxy) is 2. The summed E-state index contributed by atoms with van der Waals surface area (Å²) in [5.41, 5.74) is 1.65. The van der Waals surface area contributed by atoms with Gasteiger partial charge in [-0.05, 0) is 48.9 Å². The van der Waals surface area contributed by atoms with Crippen molar-refractivity contribution in [3.05, 3.63) is 52.5 Å². The van der Waals surface area contributed by atoms with Crippen molar-refractivity contribution in [3.63, 3.8) is 0 Å². The molecule has 1 unspecified atom stereocenters. The summed E-state index contributed by atoms with van der Waals surface area (Å²) in [6, 6.07) is 12.5. The van der Waals surface area contributed by atoms with Crippen LogP contribution in [0.4, 0.5) is 10.5 Å². The van der Waals surface area contributed by atoms with Gasteiger partial charge in [0, 0.05) is 10.2 Å². The van der Waals surface area contributed by atoms with Crippen molar-refractivity contribution in [2.75, 3.05) is 19.5 Å². The minimum Gasteiger partial charge on any atom is -0.493 e. The molecule has 5 nitrogen and oxygen atoms in total. The summed E-state index contributed by atoms with van der Waals surface area (Å²) in [6.07, 6.45) is 0. The normalized spacial score (nSPS) is 11.5. The number of rotatable bonds is 5. The van der Waals surface area contributed by atoms with Gasteiger partial charge in [-0.15, -0.1) is 0 Å². The van der Waals surface area contributed by atoms with Crippen LogP contribution in [0.1, 0.15) is 18.5 Å². The number of benzene rings is 2. The maximum Gasteiger partial charge on any atom is 0.319 e. The molecular weight excluding hydrogens is 360 g/mol. The van der Waals surface area contributed by atoms with Crippen LogP contribution in [0.3, 0.4) is 0 Å². The highest BCUT2D eigenvalue weighted by Gasteiger charge is 2.12. The van der Waals surface area contributed by atoms with E-state index in [9.17, 15) is 4.79 Å². The van der Waals surface area contributed by atoms with Crippen LogP contribution in [0.25, 0.3) is 0 Å². The van der Waals surface area contributed by atoms with Gasteiger partial charge in [-0.1, -0.05) is 22.0 Å². The van der Waals surface area contributed by atoms with E-state index in [2.05, 4.69) is 26.6 Å². The van der Waals surface area contributed by atoms with E-state index >= 15 is 0 Å². The van der Waals surface area contributed by atoms with Gasteiger partial charge in [0.2, 0.25) is 0 Å². The van der Waals surface area contributed by atoms with E-state index in [0.717, 1.165) is 15.7 Å². The van der Waals surface area contributed by atoms with E-state index in [1.807, 2.05) is 49.4 Å². The highest BCUT2D eigenvalue weighted by atomic mass is 79.9. The molecule has 0 radical (unpaired) electrons. The van der Waals surface area contributed by atoms with Gasteiger partial charge in [0.15, 0.2) is 11.5 Å². The van der Waals surface area contributed by atoms with Crippen LogP contribution in [0.15, 0.2) is 46.9 Å². The Balaban J connectivity index is 2.01. The third-order valence-corrected chi connectivity index (χ3v) is 3.89. The summed E-state index contributed by atoms with van der Waals surface area (Å²) >= 11 is 3.36. The Morgan fingerprint density at radius 3 is 2.30 bits per heavy atom. The van der Waals surface area contributed by atoms with Gasteiger partial charge in [-0.3, -0.25) is 0 Å². The third kappa shape index (κ3) is 4.63. The van der Waals surface area contributed by atoms with E-state index in [1.54, 1.807) is 14.2 Å². The highest BCUT2D eigenvalue weighted by molar-refractivity contribution is 9.10. The third-order valence-electron chi connectivity index (χ3n) is 3.36. The van der Waals surface area contributed by atoms with Crippen LogP contribution in [-0.2, 0) is 0 Å². The Labute approximate surface area is 144 Å². The highest BCUT2D eigenvalue weighted by Crippen LogP contribution is 2.29. The van der Waals surface area contributed by atoms with Gasteiger partial charge < -0.3 is 20.1 Å². The molecule has 0 aliphatic carbocycles. The number of hydrogen-bond donors (Lipinski definition) is 2. The Kier molecular flexibility index (Phi) is 5.87. The fourth-order valence-corrected chi connectivity index (χ4v) is 2.37. The van der Waals surface area contributed by atoms with Crippen molar-refractivity contribution in [2.45, 2.75) is 13.0 Å². The Morgan fingerprint density at radius 2 is 1.70 bits per heavy atom. The van der Waals surface area contributed by atoms with E-state index in [0.29, 0.717) is 11.5 Å². The number of anilines is 1. The molecule has 1 atom stereocenters. The number of halogens is 1. The SMILES string of the molecule is COc1ccc(C(C)NC(=O)Nc2ccc(Br)cc2)cc1OC. The number of hydrogen-bond acceptors (Lipinski definition) is 3. The van der Waals surface area contributed by atoms with Crippen molar-refractivity contribution in [2.24, 2.45) is 0 Å². The van der Waals surface area contributed by atoms with Crippen LogP contribution < -0.4 is 20.1 Å². The largest absolute Gasteiger partial charge is 0.493 e. The average molecular weight is 379 g/mol. The van der Waals surface area contributed by atoms with Crippen molar-refractivity contribution in [1.82, 2.24) is 5.32 Å². The first-order valence-electron chi connectivity index (χ1n) is 7.08. The van der Waals surface area contributed by atoms with Gasteiger partial charge in [0.1, 0.15) is 0 Å². The lowest BCUT2D eigenvalue weighted by Gasteiger charge is -2.17. The molecule has 0 aliphatic heterocycles. The van der Waals surface area contributed by atoms with E-state index in [1.165, 1.54) is 0 Å². The Hall–Kier alpha value is -2.21. The van der Waals surface area contributed by atoms with Gasteiger partial charge in [0.05, 0.1) is 20.3 Å². The first-order valence-corrected chi connectivity index (χ1v) is 7.87. The van der Waals surface area contributed by atoms with Gasteiger partial charge in [0.25, 0.3) is 0 Å². The van der Waals surface area contributed by atoms with Crippen molar-refractivity contribution in [3.8, 4) is 11.5 Å². The van der Waals surface area contributed by atoms with E-state index in [-0.39, 0.29) is 12.1 Å². The summed E-state index contributed by atoms with van der Waals surface area (Å²) in [5, 5.41) is 5.68. The van der Waals surface area contributed by atoms with E-state index in [4.69, 9.17) is 9.47 Å². The summed E-state index contributed by atoms with van der Waals surface area (Å²) < 4.78 is 11.5. The van der Waals surface area contributed by atoms with Crippen LogP contribution in [0.2, 0.25) is 0 Å². The van der Waals surface area contributed by atoms with Crippen molar-refractivity contribution < 1.29 is 14.3 Å². The molecule has 6 heteroatoms. The van der Waals surface area contributed by atoms with Crippen LogP contribution >= 0.6 is 15.9 Å². The Bertz CT molecular complexity index is 674. The van der Waals surface area contributed by atoms with Gasteiger partial charge in [-0.2, -0.15) is 0 Å².